The van der Waals surface area contributed by atoms with Crippen molar-refractivity contribution in [3.63, 3.8) is 0 Å². The van der Waals surface area contributed by atoms with Crippen LogP contribution in [0.4, 0.5) is 22.0 Å². The summed E-state index contributed by atoms with van der Waals surface area (Å²) in [6, 6.07) is 19.9. The summed E-state index contributed by atoms with van der Waals surface area (Å²) in [5.74, 6) is -5.16. The van der Waals surface area contributed by atoms with Crippen LogP contribution in [0.5, 0.6) is 0 Å². The summed E-state index contributed by atoms with van der Waals surface area (Å²) in [6.45, 7) is 1.27. The third kappa shape index (κ3) is 8.08. The molecule has 0 saturated carbocycles. The zero-order valence-electron chi connectivity index (χ0n) is 24.9. The molecule has 9 nitrogen and oxygen atoms in total. The molecule has 1 aliphatic rings. The second-order valence-electron chi connectivity index (χ2n) is 9.81. The summed E-state index contributed by atoms with van der Waals surface area (Å²) in [5, 5.41) is 8.46. The number of imidazole rings is 1. The van der Waals surface area contributed by atoms with Crippen LogP contribution in [0.25, 0.3) is 39.4 Å². The van der Waals surface area contributed by atoms with E-state index in [2.05, 4.69) is 31.8 Å². The van der Waals surface area contributed by atoms with Crippen LogP contribution in [-0.2, 0) is 26.1 Å². The van der Waals surface area contributed by atoms with Gasteiger partial charge in [0.25, 0.3) is 5.89 Å². The molecule has 0 N–H and O–H groups in total. The Bertz CT molecular complexity index is 1930. The average molecular weight is 728 g/mol. The highest BCUT2D eigenvalue weighted by atomic mass is 35.5. The zero-order chi connectivity index (χ0) is 34.3. The second-order valence-corrected chi connectivity index (χ2v) is 11.5. The number of fused-ring (bicyclic) bond motifs is 3. The minimum Gasteiger partial charge on any atom is -0.422 e. The topological polar surface area (TPSA) is 96.8 Å². The van der Waals surface area contributed by atoms with Crippen LogP contribution in [0.3, 0.4) is 0 Å². The van der Waals surface area contributed by atoms with E-state index in [9.17, 15) is 22.0 Å². The minimum absolute atomic E-state index is 0.0483. The summed E-state index contributed by atoms with van der Waals surface area (Å²) in [5.41, 5.74) is 0.113. The van der Waals surface area contributed by atoms with Crippen molar-refractivity contribution in [2.24, 2.45) is 0 Å². The average Bonchev–Trinajstić information content (AvgIpc) is 3.80. The molecule has 4 aromatic heterocycles. The number of nitrogens with zero attached hydrogens (tertiary/aromatic N) is 5. The van der Waals surface area contributed by atoms with E-state index in [1.807, 2.05) is 30.3 Å². The smallest absolute Gasteiger partial charge is 0.422 e. The van der Waals surface area contributed by atoms with E-state index in [-0.39, 0.29) is 35.0 Å². The fraction of sp³-hybridized carbons (Fsp3) is 0.226. The van der Waals surface area contributed by atoms with Gasteiger partial charge in [-0.05, 0) is 53.4 Å². The van der Waals surface area contributed by atoms with Crippen molar-refractivity contribution in [2.75, 3.05) is 19.6 Å². The van der Waals surface area contributed by atoms with Crippen LogP contribution in [0.1, 0.15) is 17.7 Å². The highest BCUT2D eigenvalue weighted by molar-refractivity contribution is 7.41. The fourth-order valence-corrected chi connectivity index (χ4v) is 5.61. The molecule has 2 aromatic carbocycles. The summed E-state index contributed by atoms with van der Waals surface area (Å²) >= 11 is 10.2. The van der Waals surface area contributed by atoms with Crippen molar-refractivity contribution in [1.82, 2.24) is 24.6 Å². The predicted octanol–water partition coefficient (Wildman–Crippen LogP) is 9.63. The van der Waals surface area contributed by atoms with E-state index in [0.29, 0.717) is 24.2 Å². The zero-order valence-corrected chi connectivity index (χ0v) is 27.3. The largest absolute Gasteiger partial charge is 0.459 e. The second kappa shape index (κ2) is 15.6. The number of hydrogen-bond donors (Lipinski definition) is 0. The highest BCUT2D eigenvalue weighted by Crippen LogP contribution is 2.45. The van der Waals surface area contributed by atoms with E-state index in [4.69, 9.17) is 29.6 Å². The molecule has 1 fully saturated rings. The van der Waals surface area contributed by atoms with Crippen LogP contribution in [0, 0.1) is 0 Å². The summed E-state index contributed by atoms with van der Waals surface area (Å²) in [6.07, 6.45) is -1.12. The SMILES string of the molecule is CCl.Clc1ccccc1.FC(F)(F)C(F)(F)c1cc(-c2ccc(COP3OCCCO3)cc2)c2ccc3nc(-c4nnco4)cn3c2n1. The summed E-state index contributed by atoms with van der Waals surface area (Å²) < 4.78 is 92.2. The van der Waals surface area contributed by atoms with Crippen molar-refractivity contribution >= 4 is 48.5 Å². The molecule has 17 heteroatoms. The number of benzene rings is 2. The Morgan fingerprint density at radius 1 is 0.917 bits per heavy atom. The fourth-order valence-electron chi connectivity index (χ4n) is 4.43. The maximum absolute atomic E-state index is 14.6. The van der Waals surface area contributed by atoms with Gasteiger partial charge in [-0.3, -0.25) is 4.40 Å². The Balaban J connectivity index is 0.000000440. The predicted molar refractivity (Wildman–Crippen MR) is 171 cm³/mol. The van der Waals surface area contributed by atoms with E-state index in [1.165, 1.54) is 17.0 Å². The standard InChI is InChI=1S/C24H17F5N5O4P.C6H5Cl.CH3Cl/c25-23(26,24(27,28)29)19-10-17(15-4-2-14(3-5-15)12-38-39-36-8-1-9-37-39)16-6-7-20-31-18(22-33-30-13-35-22)11-34(20)21(16)32-19;7-6-4-2-1-3-5-6;1-2/h2-7,10-11,13H,1,8-9,12H2;1-5H;1H3. The molecule has 0 unspecified atom stereocenters. The Labute approximate surface area is 281 Å². The van der Waals surface area contributed by atoms with Crippen LogP contribution in [0.2, 0.25) is 5.02 Å². The van der Waals surface area contributed by atoms with Gasteiger partial charge < -0.3 is 18.0 Å². The molecule has 0 spiro atoms. The maximum atomic E-state index is 14.6. The Morgan fingerprint density at radius 3 is 2.23 bits per heavy atom. The van der Waals surface area contributed by atoms with Crippen molar-refractivity contribution in [1.29, 1.82) is 0 Å². The number of alkyl halides is 6. The molecular formula is C31H25Cl2F5N5O4P. The minimum atomic E-state index is -5.85. The lowest BCUT2D eigenvalue weighted by atomic mass is 9.99. The number of halogens is 7. The van der Waals surface area contributed by atoms with E-state index in [0.717, 1.165) is 29.5 Å². The van der Waals surface area contributed by atoms with Gasteiger partial charge in [0.2, 0.25) is 6.39 Å². The summed E-state index contributed by atoms with van der Waals surface area (Å²) in [4.78, 5) is 8.06. The van der Waals surface area contributed by atoms with Gasteiger partial charge in [0, 0.05) is 23.0 Å². The van der Waals surface area contributed by atoms with Crippen molar-refractivity contribution in [3.8, 4) is 22.7 Å². The van der Waals surface area contributed by atoms with Crippen LogP contribution in [0.15, 0.2) is 89.8 Å². The van der Waals surface area contributed by atoms with Gasteiger partial charge in [0.15, 0.2) is 0 Å². The first-order valence-corrected chi connectivity index (χ1v) is 16.2. The van der Waals surface area contributed by atoms with Crippen LogP contribution < -0.4 is 0 Å². The van der Waals surface area contributed by atoms with E-state index in [1.54, 1.807) is 36.4 Å². The van der Waals surface area contributed by atoms with Gasteiger partial charge in [-0.1, -0.05) is 54.1 Å². The quantitative estimate of drug-likeness (QED) is 0.0951. The molecule has 48 heavy (non-hydrogen) atoms. The lowest BCUT2D eigenvalue weighted by molar-refractivity contribution is -0.290. The number of hydrogen-bond acceptors (Lipinski definition) is 8. The van der Waals surface area contributed by atoms with Crippen molar-refractivity contribution in [3.05, 3.63) is 102 Å². The monoisotopic (exact) mass is 727 g/mol. The number of rotatable bonds is 6. The molecule has 0 aliphatic carbocycles. The Morgan fingerprint density at radius 2 is 1.62 bits per heavy atom. The molecule has 252 valence electrons. The lowest BCUT2D eigenvalue weighted by Crippen LogP contribution is -2.34. The normalized spacial score (nSPS) is 13.9. The van der Waals surface area contributed by atoms with E-state index >= 15 is 0 Å². The van der Waals surface area contributed by atoms with Gasteiger partial charge in [-0.2, -0.15) is 22.0 Å². The third-order valence-corrected chi connectivity index (χ3v) is 8.05. The molecule has 0 bridgehead atoms. The first-order chi connectivity index (χ1) is 23.1. The molecule has 1 saturated heterocycles. The summed E-state index contributed by atoms with van der Waals surface area (Å²) in [7, 11) is -1.45. The van der Waals surface area contributed by atoms with Gasteiger partial charge in [0.1, 0.15) is 22.7 Å². The number of pyridine rings is 2. The first-order valence-electron chi connectivity index (χ1n) is 14.0. The van der Waals surface area contributed by atoms with Crippen molar-refractivity contribution < 1.29 is 39.9 Å². The Hall–Kier alpha value is -3.78. The number of aromatic nitrogens is 5. The van der Waals surface area contributed by atoms with E-state index < -0.39 is 26.4 Å². The molecule has 5 heterocycles. The van der Waals surface area contributed by atoms with Gasteiger partial charge in [0.05, 0.1) is 19.8 Å². The van der Waals surface area contributed by atoms with Gasteiger partial charge >= 0.3 is 20.7 Å². The molecule has 6 aromatic rings. The van der Waals surface area contributed by atoms with Crippen molar-refractivity contribution in [2.45, 2.75) is 25.1 Å². The molecule has 0 amide bonds. The van der Waals surface area contributed by atoms with Crippen LogP contribution >= 0.6 is 31.8 Å². The van der Waals surface area contributed by atoms with Gasteiger partial charge in [-0.15, -0.1) is 21.8 Å². The molecule has 1 aliphatic heterocycles. The lowest BCUT2D eigenvalue weighted by Gasteiger charge is -2.21. The Kier molecular flexibility index (Phi) is 11.6. The highest BCUT2D eigenvalue weighted by Gasteiger charge is 2.60. The van der Waals surface area contributed by atoms with Crippen LogP contribution in [-0.4, -0.2) is 50.3 Å². The maximum Gasteiger partial charge on any atom is 0.459 e. The molecule has 7 rings (SSSR count). The molecular weight excluding hydrogens is 703 g/mol. The molecule has 0 atom stereocenters. The van der Waals surface area contributed by atoms with Gasteiger partial charge in [-0.25, -0.2) is 9.97 Å². The first kappa shape index (κ1) is 35.5. The molecule has 0 radical (unpaired) electrons. The third-order valence-electron chi connectivity index (χ3n) is 6.67.